The molecule has 2 aliphatic rings. The molecule has 1 saturated carbocycles. The van der Waals surface area contributed by atoms with E-state index in [4.69, 9.17) is 4.74 Å². The molecule has 18 heavy (non-hydrogen) atoms. The van der Waals surface area contributed by atoms with Crippen molar-refractivity contribution in [1.29, 1.82) is 0 Å². The van der Waals surface area contributed by atoms with Gasteiger partial charge >= 0.3 is 0 Å². The van der Waals surface area contributed by atoms with E-state index in [1.54, 1.807) is 0 Å². The molecule has 2 fully saturated rings. The molecule has 0 unspecified atom stereocenters. The van der Waals surface area contributed by atoms with Gasteiger partial charge in [0.2, 0.25) is 0 Å². The summed E-state index contributed by atoms with van der Waals surface area (Å²) in [6, 6.07) is 2.21. The van der Waals surface area contributed by atoms with Crippen molar-refractivity contribution in [3.8, 4) is 0 Å². The second kappa shape index (κ2) is 6.88. The number of nitrogens with zero attached hydrogens (tertiary/aromatic N) is 1. The third-order valence-electron chi connectivity index (χ3n) is 4.74. The van der Waals surface area contributed by atoms with Crippen LogP contribution in [0.15, 0.2) is 0 Å². The first kappa shape index (κ1) is 14.3. The lowest BCUT2D eigenvalue weighted by Crippen LogP contribution is -2.48. The Kier molecular flexibility index (Phi) is 5.46. The normalized spacial score (nSPS) is 32.0. The molecule has 0 bridgehead atoms. The van der Waals surface area contributed by atoms with Crippen molar-refractivity contribution in [2.75, 3.05) is 20.2 Å². The highest BCUT2D eigenvalue weighted by molar-refractivity contribution is 4.84. The summed E-state index contributed by atoms with van der Waals surface area (Å²) in [7, 11) is 1.85. The minimum atomic E-state index is 0.519. The minimum absolute atomic E-state index is 0.519. The molecular weight excluding hydrogens is 224 g/mol. The Morgan fingerprint density at radius 1 is 0.944 bits per heavy atom. The Balaban J connectivity index is 1.66. The number of hydrogen-bond acceptors (Lipinski definition) is 3. The van der Waals surface area contributed by atoms with E-state index in [-0.39, 0.29) is 0 Å². The van der Waals surface area contributed by atoms with Crippen LogP contribution in [-0.4, -0.2) is 49.3 Å². The van der Waals surface area contributed by atoms with Crippen molar-refractivity contribution in [2.45, 2.75) is 76.6 Å². The third kappa shape index (κ3) is 3.94. The van der Waals surface area contributed by atoms with E-state index in [0.29, 0.717) is 12.1 Å². The van der Waals surface area contributed by atoms with E-state index in [0.717, 1.165) is 12.1 Å². The van der Waals surface area contributed by atoms with Crippen LogP contribution in [0.1, 0.15) is 52.4 Å². The van der Waals surface area contributed by atoms with Crippen LogP contribution in [0.2, 0.25) is 0 Å². The first-order chi connectivity index (χ1) is 8.69. The van der Waals surface area contributed by atoms with Crippen LogP contribution < -0.4 is 5.32 Å². The summed E-state index contributed by atoms with van der Waals surface area (Å²) < 4.78 is 5.44. The average Bonchev–Trinajstić information content (AvgIpc) is 2.40. The molecular formula is C15H30N2O. The lowest BCUT2D eigenvalue weighted by Gasteiger charge is -2.38. The fourth-order valence-electron chi connectivity index (χ4n) is 3.38. The summed E-state index contributed by atoms with van der Waals surface area (Å²) in [4.78, 5) is 2.60. The Hall–Kier alpha value is -0.120. The summed E-state index contributed by atoms with van der Waals surface area (Å²) in [5, 5.41) is 3.88. The van der Waals surface area contributed by atoms with Crippen molar-refractivity contribution in [1.82, 2.24) is 10.2 Å². The van der Waals surface area contributed by atoms with E-state index in [2.05, 4.69) is 24.1 Å². The average molecular weight is 254 g/mol. The number of piperidine rings is 1. The van der Waals surface area contributed by atoms with Crippen LogP contribution in [0.5, 0.6) is 0 Å². The summed E-state index contributed by atoms with van der Waals surface area (Å²) in [5.74, 6) is 0. The standard InChI is InChI=1S/C15H30N2O/c1-12(2)17-10-8-14(9-11-17)16-13-4-6-15(18-3)7-5-13/h12-16H,4-11H2,1-3H3. The molecule has 0 aromatic carbocycles. The van der Waals surface area contributed by atoms with Gasteiger partial charge in [0.15, 0.2) is 0 Å². The summed E-state index contributed by atoms with van der Waals surface area (Å²) in [6.07, 6.45) is 8.22. The molecule has 3 nitrogen and oxygen atoms in total. The molecule has 1 N–H and O–H groups in total. The molecule has 0 aromatic heterocycles. The molecule has 106 valence electrons. The van der Waals surface area contributed by atoms with Crippen LogP contribution in [0.3, 0.4) is 0 Å². The maximum atomic E-state index is 5.44. The summed E-state index contributed by atoms with van der Waals surface area (Å²) in [5.41, 5.74) is 0. The van der Waals surface area contributed by atoms with Crippen LogP contribution in [0.4, 0.5) is 0 Å². The van der Waals surface area contributed by atoms with Gasteiger partial charge in [-0.15, -0.1) is 0 Å². The molecule has 1 saturated heterocycles. The first-order valence-corrected chi connectivity index (χ1v) is 7.72. The van der Waals surface area contributed by atoms with E-state index in [9.17, 15) is 0 Å². The first-order valence-electron chi connectivity index (χ1n) is 7.72. The van der Waals surface area contributed by atoms with Crippen molar-refractivity contribution >= 4 is 0 Å². The molecule has 0 atom stereocenters. The zero-order valence-corrected chi connectivity index (χ0v) is 12.3. The number of nitrogens with one attached hydrogen (secondary N) is 1. The number of rotatable bonds is 4. The number of hydrogen-bond donors (Lipinski definition) is 1. The highest BCUT2D eigenvalue weighted by Crippen LogP contribution is 2.22. The van der Waals surface area contributed by atoms with Crippen molar-refractivity contribution in [3.63, 3.8) is 0 Å². The van der Waals surface area contributed by atoms with Gasteiger partial charge in [0.25, 0.3) is 0 Å². The van der Waals surface area contributed by atoms with Gasteiger partial charge in [-0.3, -0.25) is 0 Å². The van der Waals surface area contributed by atoms with Crippen LogP contribution in [-0.2, 0) is 4.74 Å². The van der Waals surface area contributed by atoms with Crippen molar-refractivity contribution < 1.29 is 4.74 Å². The highest BCUT2D eigenvalue weighted by Gasteiger charge is 2.25. The summed E-state index contributed by atoms with van der Waals surface area (Å²) in [6.45, 7) is 7.14. The molecule has 0 radical (unpaired) electrons. The van der Waals surface area contributed by atoms with E-state index >= 15 is 0 Å². The molecule has 0 spiro atoms. The van der Waals surface area contributed by atoms with Gasteiger partial charge in [0.1, 0.15) is 0 Å². The van der Waals surface area contributed by atoms with Crippen LogP contribution in [0, 0.1) is 0 Å². The fraction of sp³-hybridized carbons (Fsp3) is 1.00. The molecule has 2 rings (SSSR count). The van der Waals surface area contributed by atoms with Crippen molar-refractivity contribution in [3.05, 3.63) is 0 Å². The van der Waals surface area contributed by atoms with E-state index in [1.807, 2.05) is 7.11 Å². The van der Waals surface area contributed by atoms with Crippen LogP contribution >= 0.6 is 0 Å². The van der Waals surface area contributed by atoms with Crippen LogP contribution in [0.25, 0.3) is 0 Å². The lowest BCUT2D eigenvalue weighted by molar-refractivity contribution is 0.0587. The van der Waals surface area contributed by atoms with Gasteiger partial charge in [-0.1, -0.05) is 0 Å². The number of methoxy groups -OCH3 is 1. The summed E-state index contributed by atoms with van der Waals surface area (Å²) >= 11 is 0. The van der Waals surface area contributed by atoms with Gasteiger partial charge in [-0.05, 0) is 65.5 Å². The van der Waals surface area contributed by atoms with Gasteiger partial charge in [-0.2, -0.15) is 0 Å². The monoisotopic (exact) mass is 254 g/mol. The van der Waals surface area contributed by atoms with Gasteiger partial charge in [-0.25, -0.2) is 0 Å². The zero-order valence-electron chi connectivity index (χ0n) is 12.3. The molecule has 1 aliphatic heterocycles. The Morgan fingerprint density at radius 2 is 1.50 bits per heavy atom. The molecule has 1 aliphatic carbocycles. The minimum Gasteiger partial charge on any atom is -0.381 e. The molecule has 0 amide bonds. The molecule has 1 heterocycles. The second-order valence-electron chi connectivity index (χ2n) is 6.28. The fourth-order valence-corrected chi connectivity index (χ4v) is 3.38. The van der Waals surface area contributed by atoms with Gasteiger partial charge < -0.3 is 15.0 Å². The van der Waals surface area contributed by atoms with Gasteiger partial charge in [0.05, 0.1) is 6.10 Å². The Labute approximate surface area is 112 Å². The maximum Gasteiger partial charge on any atom is 0.0572 e. The Bertz CT molecular complexity index is 229. The smallest absolute Gasteiger partial charge is 0.0572 e. The highest BCUT2D eigenvalue weighted by atomic mass is 16.5. The largest absolute Gasteiger partial charge is 0.381 e. The van der Waals surface area contributed by atoms with Crippen molar-refractivity contribution in [2.24, 2.45) is 0 Å². The predicted molar refractivity (Wildman–Crippen MR) is 75.9 cm³/mol. The van der Waals surface area contributed by atoms with E-state index in [1.165, 1.54) is 51.6 Å². The second-order valence-corrected chi connectivity index (χ2v) is 6.28. The quantitative estimate of drug-likeness (QED) is 0.834. The number of likely N-dealkylation sites (tertiary alicyclic amines) is 1. The van der Waals surface area contributed by atoms with Gasteiger partial charge in [0, 0.05) is 25.2 Å². The SMILES string of the molecule is COC1CCC(NC2CCN(C(C)C)CC2)CC1. The molecule has 0 aromatic rings. The zero-order chi connectivity index (χ0) is 13.0. The topological polar surface area (TPSA) is 24.5 Å². The molecule has 3 heteroatoms. The number of ether oxygens (including phenoxy) is 1. The Morgan fingerprint density at radius 3 is 2.00 bits per heavy atom. The third-order valence-corrected chi connectivity index (χ3v) is 4.74. The predicted octanol–water partition coefficient (Wildman–Crippen LogP) is 2.41. The maximum absolute atomic E-state index is 5.44. The van der Waals surface area contributed by atoms with E-state index < -0.39 is 0 Å². The lowest BCUT2D eigenvalue weighted by atomic mass is 9.91.